The summed E-state index contributed by atoms with van der Waals surface area (Å²) >= 11 is 1.61. The summed E-state index contributed by atoms with van der Waals surface area (Å²) in [5.74, 6) is 1.32. The first-order chi connectivity index (χ1) is 12.9. The van der Waals surface area contributed by atoms with Gasteiger partial charge in [-0.1, -0.05) is 12.1 Å². The topological polar surface area (TPSA) is 61.4 Å². The monoisotopic (exact) mass is 380 g/mol. The normalized spacial score (nSPS) is 16.1. The van der Waals surface area contributed by atoms with Crippen molar-refractivity contribution in [2.24, 2.45) is 0 Å². The van der Waals surface area contributed by atoms with Crippen LogP contribution >= 0.6 is 11.3 Å². The molecule has 0 unspecified atom stereocenters. The number of thiophene rings is 1. The maximum atomic E-state index is 13.7. The first-order valence-electron chi connectivity index (χ1n) is 8.98. The van der Waals surface area contributed by atoms with E-state index >= 15 is 0 Å². The van der Waals surface area contributed by atoms with Crippen molar-refractivity contribution >= 4 is 27.3 Å². The molecule has 0 spiro atoms. The quantitative estimate of drug-likeness (QED) is 0.507. The minimum Gasteiger partial charge on any atom is -0.370 e. The molecule has 138 valence electrons. The molecule has 27 heavy (non-hydrogen) atoms. The highest BCUT2D eigenvalue weighted by atomic mass is 32.1. The number of fused-ring (bicyclic) bond motifs is 5. The van der Waals surface area contributed by atoms with E-state index in [1.807, 2.05) is 42.5 Å². The molecule has 1 aromatic carbocycles. The lowest BCUT2D eigenvalue weighted by molar-refractivity contribution is -0.0379. The van der Waals surface area contributed by atoms with E-state index in [-0.39, 0.29) is 11.2 Å². The number of ether oxygens (including phenoxy) is 1. The molecule has 0 amide bonds. The summed E-state index contributed by atoms with van der Waals surface area (Å²) in [6.45, 7) is 8.62. The third kappa shape index (κ3) is 2.38. The molecule has 0 saturated heterocycles. The second-order valence-corrected chi connectivity index (χ2v) is 8.85. The van der Waals surface area contributed by atoms with Crippen molar-refractivity contribution < 1.29 is 4.74 Å². The molecule has 5 rings (SSSR count). The Morgan fingerprint density at radius 3 is 2.81 bits per heavy atom. The van der Waals surface area contributed by atoms with Crippen LogP contribution in [0.25, 0.3) is 21.7 Å². The summed E-state index contributed by atoms with van der Waals surface area (Å²) < 4.78 is 9.66. The average Bonchev–Trinajstić information content (AvgIpc) is 3.15. The fraction of sp³-hybridized carbons (Fsp3) is 0.350. The molecule has 3 aromatic heterocycles. The molecule has 0 N–H and O–H groups in total. The van der Waals surface area contributed by atoms with Gasteiger partial charge in [0.2, 0.25) is 5.78 Å². The van der Waals surface area contributed by atoms with Crippen molar-refractivity contribution in [3.63, 3.8) is 0 Å². The first kappa shape index (κ1) is 16.6. The van der Waals surface area contributed by atoms with E-state index in [0.717, 1.165) is 44.2 Å². The Bertz CT molecular complexity index is 1280. The van der Waals surface area contributed by atoms with E-state index in [1.165, 1.54) is 0 Å². The lowest BCUT2D eigenvalue weighted by atomic mass is 9.94. The highest BCUT2D eigenvalue weighted by Gasteiger charge is 2.32. The van der Waals surface area contributed by atoms with Crippen LogP contribution in [0, 0.1) is 13.8 Å². The summed E-state index contributed by atoms with van der Waals surface area (Å²) in [4.78, 5) is 15.7. The van der Waals surface area contributed by atoms with E-state index in [0.29, 0.717) is 12.4 Å². The maximum Gasteiger partial charge on any atom is 0.268 e. The molecular formula is C20H20N4O2S. The van der Waals surface area contributed by atoms with Crippen LogP contribution in [0.4, 0.5) is 0 Å². The summed E-state index contributed by atoms with van der Waals surface area (Å²) in [6, 6.07) is 7.92. The third-order valence-corrected chi connectivity index (χ3v) is 6.35. The van der Waals surface area contributed by atoms with Crippen molar-refractivity contribution in [2.75, 3.05) is 0 Å². The smallest absolute Gasteiger partial charge is 0.268 e. The van der Waals surface area contributed by atoms with Gasteiger partial charge in [-0.3, -0.25) is 9.20 Å². The summed E-state index contributed by atoms with van der Waals surface area (Å²) in [6.07, 6.45) is 0.720. The van der Waals surface area contributed by atoms with Crippen molar-refractivity contribution in [3.05, 3.63) is 56.4 Å². The molecule has 1 aliphatic rings. The SMILES string of the molecule is Cc1cccc(-n2c(=O)c3c4c(sc3n3c(C)nnc23)COC(C)(C)C4)c1. The van der Waals surface area contributed by atoms with Crippen LogP contribution in [0.2, 0.25) is 0 Å². The van der Waals surface area contributed by atoms with E-state index < -0.39 is 0 Å². The van der Waals surface area contributed by atoms with Gasteiger partial charge in [-0.2, -0.15) is 0 Å². The Balaban J connectivity index is 1.96. The largest absolute Gasteiger partial charge is 0.370 e. The first-order valence-corrected chi connectivity index (χ1v) is 9.79. The molecule has 7 heteroatoms. The fourth-order valence-electron chi connectivity index (χ4n) is 3.85. The maximum absolute atomic E-state index is 13.7. The zero-order valence-electron chi connectivity index (χ0n) is 15.7. The molecule has 0 fully saturated rings. The van der Waals surface area contributed by atoms with Gasteiger partial charge >= 0.3 is 0 Å². The summed E-state index contributed by atoms with van der Waals surface area (Å²) in [5, 5.41) is 9.35. The van der Waals surface area contributed by atoms with Crippen LogP contribution in [0.15, 0.2) is 29.1 Å². The zero-order valence-corrected chi connectivity index (χ0v) is 16.6. The molecule has 1 aliphatic heterocycles. The van der Waals surface area contributed by atoms with Gasteiger partial charge in [0.1, 0.15) is 10.7 Å². The number of hydrogen-bond donors (Lipinski definition) is 0. The second-order valence-electron chi connectivity index (χ2n) is 7.77. The highest BCUT2D eigenvalue weighted by Crippen LogP contribution is 2.38. The van der Waals surface area contributed by atoms with Crippen molar-refractivity contribution in [1.29, 1.82) is 0 Å². The molecule has 0 aliphatic carbocycles. The number of benzene rings is 1. The Hall–Kier alpha value is -2.51. The Morgan fingerprint density at radius 1 is 1.22 bits per heavy atom. The molecule has 6 nitrogen and oxygen atoms in total. The van der Waals surface area contributed by atoms with Gasteiger partial charge in [0.25, 0.3) is 5.56 Å². The van der Waals surface area contributed by atoms with Crippen LogP contribution in [-0.2, 0) is 17.8 Å². The summed E-state index contributed by atoms with van der Waals surface area (Å²) in [5.41, 5.74) is 2.69. The number of aryl methyl sites for hydroxylation is 2. The lowest BCUT2D eigenvalue weighted by Crippen LogP contribution is -2.32. The third-order valence-electron chi connectivity index (χ3n) is 5.16. The van der Waals surface area contributed by atoms with E-state index in [2.05, 4.69) is 24.0 Å². The zero-order chi connectivity index (χ0) is 18.9. The highest BCUT2D eigenvalue weighted by molar-refractivity contribution is 7.18. The van der Waals surface area contributed by atoms with Gasteiger partial charge in [0.15, 0.2) is 0 Å². The predicted octanol–water partition coefficient (Wildman–Crippen LogP) is 3.56. The Morgan fingerprint density at radius 2 is 2.04 bits per heavy atom. The average molecular weight is 380 g/mol. The minimum absolute atomic E-state index is 0.0364. The van der Waals surface area contributed by atoms with Gasteiger partial charge in [0.05, 0.1) is 23.3 Å². The van der Waals surface area contributed by atoms with Crippen molar-refractivity contribution in [2.45, 2.75) is 46.3 Å². The molecule has 0 bridgehead atoms. The van der Waals surface area contributed by atoms with Gasteiger partial charge in [-0.05, 0) is 51.0 Å². The van der Waals surface area contributed by atoms with Crippen LogP contribution < -0.4 is 5.56 Å². The van der Waals surface area contributed by atoms with E-state index in [4.69, 9.17) is 4.74 Å². The molecule has 0 atom stereocenters. The summed E-state index contributed by atoms with van der Waals surface area (Å²) in [7, 11) is 0. The number of nitrogens with zero attached hydrogens (tertiary/aromatic N) is 4. The predicted molar refractivity (Wildman–Crippen MR) is 106 cm³/mol. The van der Waals surface area contributed by atoms with Gasteiger partial charge in [-0.15, -0.1) is 21.5 Å². The second kappa shape index (κ2) is 5.50. The number of rotatable bonds is 1. The van der Waals surface area contributed by atoms with Gasteiger partial charge < -0.3 is 4.74 Å². The Labute approximate surface area is 160 Å². The Kier molecular flexibility index (Phi) is 3.39. The number of hydrogen-bond acceptors (Lipinski definition) is 5. The number of aromatic nitrogens is 4. The van der Waals surface area contributed by atoms with E-state index in [1.54, 1.807) is 15.9 Å². The molecular weight excluding hydrogens is 360 g/mol. The fourth-order valence-corrected chi connectivity index (χ4v) is 5.12. The van der Waals surface area contributed by atoms with Gasteiger partial charge in [-0.25, -0.2) is 4.57 Å². The molecule has 0 saturated carbocycles. The van der Waals surface area contributed by atoms with Gasteiger partial charge in [0, 0.05) is 11.3 Å². The standard InChI is InChI=1S/C20H20N4O2S/c1-11-6-5-7-13(8-11)24-17(25)16-14-9-20(3,4)26-10-15(14)27-18(16)23-12(2)21-22-19(23)24/h5-8H,9-10H2,1-4H3. The van der Waals surface area contributed by atoms with Crippen LogP contribution in [0.1, 0.15) is 35.7 Å². The molecule has 4 heterocycles. The lowest BCUT2D eigenvalue weighted by Gasteiger charge is -2.29. The minimum atomic E-state index is -0.279. The van der Waals surface area contributed by atoms with E-state index in [9.17, 15) is 4.79 Å². The van der Waals surface area contributed by atoms with Crippen LogP contribution in [0.3, 0.4) is 0 Å². The van der Waals surface area contributed by atoms with Crippen molar-refractivity contribution in [3.8, 4) is 5.69 Å². The van der Waals surface area contributed by atoms with Crippen LogP contribution in [-0.4, -0.2) is 24.8 Å². The molecule has 4 aromatic rings. The van der Waals surface area contributed by atoms with Crippen LogP contribution in [0.5, 0.6) is 0 Å². The molecule has 0 radical (unpaired) electrons. The van der Waals surface area contributed by atoms with Crippen molar-refractivity contribution in [1.82, 2.24) is 19.2 Å².